The van der Waals surface area contributed by atoms with Gasteiger partial charge in [-0.3, -0.25) is 4.90 Å². The molecule has 0 N–H and O–H groups in total. The van der Waals surface area contributed by atoms with Crippen molar-refractivity contribution >= 4 is 11.0 Å². The van der Waals surface area contributed by atoms with E-state index in [1.165, 1.54) is 18.2 Å². The highest BCUT2D eigenvalue weighted by molar-refractivity contribution is 5.82. The summed E-state index contributed by atoms with van der Waals surface area (Å²) >= 11 is 0. The molecule has 3 heterocycles. The summed E-state index contributed by atoms with van der Waals surface area (Å²) in [6.07, 6.45) is -3.88. The summed E-state index contributed by atoms with van der Waals surface area (Å²) in [6, 6.07) is 5.95. The fourth-order valence-corrected chi connectivity index (χ4v) is 4.34. The first-order valence-corrected chi connectivity index (χ1v) is 10.7. The van der Waals surface area contributed by atoms with E-state index in [0.29, 0.717) is 23.3 Å². The van der Waals surface area contributed by atoms with Crippen LogP contribution in [0.4, 0.5) is 13.2 Å². The lowest BCUT2D eigenvalue weighted by Crippen LogP contribution is -2.31. The van der Waals surface area contributed by atoms with Gasteiger partial charge >= 0.3 is 11.8 Å². The largest absolute Gasteiger partial charge is 0.492 e. The van der Waals surface area contributed by atoms with E-state index in [4.69, 9.17) is 23.4 Å². The molecule has 7 nitrogen and oxygen atoms in total. The van der Waals surface area contributed by atoms with Crippen LogP contribution in [-0.2, 0) is 12.6 Å². The van der Waals surface area contributed by atoms with Gasteiger partial charge in [-0.1, -0.05) is 11.8 Å². The standard InChI is InChI=1S/C25H20F3NO6/c1-29-8-7-14-10-20-23(34-13-33-20)24(31-2)22(14)18(29)4-3-9-32-15-5-6-16-17(25(26,27)28)12-21(30)35-19(16)11-15/h5-6,10-12,18H,7-9,13H2,1-2H3/t18-/m1/s1. The first-order valence-electron chi connectivity index (χ1n) is 10.7. The van der Waals surface area contributed by atoms with Crippen LogP contribution in [0.15, 0.2) is 39.5 Å². The normalized spacial score (nSPS) is 17.0. The Morgan fingerprint density at radius 3 is 2.80 bits per heavy atom. The minimum absolute atomic E-state index is 0.0265. The Bertz CT molecular complexity index is 1420. The van der Waals surface area contributed by atoms with Crippen LogP contribution in [0.25, 0.3) is 11.0 Å². The van der Waals surface area contributed by atoms with Crippen LogP contribution in [0, 0.1) is 11.8 Å². The van der Waals surface area contributed by atoms with Crippen LogP contribution < -0.4 is 24.6 Å². The minimum atomic E-state index is -4.68. The summed E-state index contributed by atoms with van der Waals surface area (Å²) in [5, 5.41) is -0.221. The predicted octanol–water partition coefficient (Wildman–Crippen LogP) is 4.16. The van der Waals surface area contributed by atoms with E-state index in [1.807, 2.05) is 13.1 Å². The maximum atomic E-state index is 13.2. The average molecular weight is 487 g/mol. The van der Waals surface area contributed by atoms with Crippen molar-refractivity contribution in [1.29, 1.82) is 0 Å². The number of benzene rings is 2. The molecule has 1 aromatic heterocycles. The number of likely N-dealkylation sites (N-methyl/N-ethyl adjacent to an activating group) is 1. The van der Waals surface area contributed by atoms with Crippen molar-refractivity contribution in [3.8, 4) is 34.8 Å². The van der Waals surface area contributed by atoms with Crippen LogP contribution in [0.5, 0.6) is 23.0 Å². The Morgan fingerprint density at radius 2 is 2.03 bits per heavy atom. The van der Waals surface area contributed by atoms with Crippen molar-refractivity contribution in [3.63, 3.8) is 0 Å². The molecule has 182 valence electrons. The highest BCUT2D eigenvalue weighted by Crippen LogP contribution is 2.49. The van der Waals surface area contributed by atoms with Crippen molar-refractivity contribution in [2.75, 3.05) is 34.1 Å². The third-order valence-corrected chi connectivity index (χ3v) is 5.97. The van der Waals surface area contributed by atoms with Gasteiger partial charge in [-0.05, 0) is 37.2 Å². The Morgan fingerprint density at radius 1 is 1.20 bits per heavy atom. The van der Waals surface area contributed by atoms with Gasteiger partial charge in [0.05, 0.1) is 12.7 Å². The molecular formula is C25H20F3NO6. The zero-order valence-corrected chi connectivity index (χ0v) is 18.8. The summed E-state index contributed by atoms with van der Waals surface area (Å²) in [7, 11) is 3.53. The lowest BCUT2D eigenvalue weighted by molar-refractivity contribution is -0.136. The highest BCUT2D eigenvalue weighted by Gasteiger charge is 2.34. The maximum absolute atomic E-state index is 13.2. The van der Waals surface area contributed by atoms with Gasteiger partial charge in [-0.25, -0.2) is 4.79 Å². The van der Waals surface area contributed by atoms with E-state index < -0.39 is 17.4 Å². The molecule has 2 aromatic carbocycles. The summed E-state index contributed by atoms with van der Waals surface area (Å²) in [4.78, 5) is 13.7. The maximum Gasteiger partial charge on any atom is 0.417 e. The zero-order chi connectivity index (χ0) is 24.7. The molecule has 0 saturated heterocycles. The van der Waals surface area contributed by atoms with Gasteiger partial charge in [0.1, 0.15) is 24.0 Å². The molecular weight excluding hydrogens is 467 g/mol. The quantitative estimate of drug-likeness (QED) is 0.406. The molecule has 35 heavy (non-hydrogen) atoms. The second-order valence-corrected chi connectivity index (χ2v) is 8.09. The fourth-order valence-electron chi connectivity index (χ4n) is 4.34. The number of hydrogen-bond acceptors (Lipinski definition) is 7. The summed E-state index contributed by atoms with van der Waals surface area (Å²) < 4.78 is 67.0. The minimum Gasteiger partial charge on any atom is -0.492 e. The van der Waals surface area contributed by atoms with Crippen molar-refractivity contribution in [2.45, 2.75) is 18.6 Å². The van der Waals surface area contributed by atoms with Gasteiger partial charge in [-0.2, -0.15) is 13.2 Å². The van der Waals surface area contributed by atoms with Gasteiger partial charge in [0.2, 0.25) is 12.5 Å². The van der Waals surface area contributed by atoms with Crippen molar-refractivity contribution in [1.82, 2.24) is 4.90 Å². The molecule has 0 unspecified atom stereocenters. The van der Waals surface area contributed by atoms with Crippen LogP contribution in [0.2, 0.25) is 0 Å². The molecule has 0 spiro atoms. The number of hydrogen-bond donors (Lipinski definition) is 0. The fraction of sp³-hybridized carbons (Fsp3) is 0.320. The van der Waals surface area contributed by atoms with E-state index in [-0.39, 0.29) is 36.2 Å². The lowest BCUT2D eigenvalue weighted by atomic mass is 9.91. The SMILES string of the molecule is COc1c2c(cc3c1[C@@H](C#CCOc1ccc4c(C(F)(F)F)cc(=O)oc4c1)N(C)CC3)OCO2. The number of alkyl halides is 3. The molecule has 2 aliphatic rings. The smallest absolute Gasteiger partial charge is 0.417 e. The van der Waals surface area contributed by atoms with E-state index >= 15 is 0 Å². The van der Waals surface area contributed by atoms with E-state index in [0.717, 1.165) is 24.1 Å². The van der Waals surface area contributed by atoms with Crippen LogP contribution >= 0.6 is 0 Å². The Hall–Kier alpha value is -3.84. The monoisotopic (exact) mass is 487 g/mol. The first-order chi connectivity index (χ1) is 16.8. The number of halogens is 3. The van der Waals surface area contributed by atoms with Crippen LogP contribution in [0.3, 0.4) is 0 Å². The molecule has 0 amide bonds. The zero-order valence-electron chi connectivity index (χ0n) is 18.8. The van der Waals surface area contributed by atoms with Crippen molar-refractivity contribution in [2.24, 2.45) is 0 Å². The average Bonchev–Trinajstić information content (AvgIpc) is 3.28. The topological polar surface area (TPSA) is 70.4 Å². The summed E-state index contributed by atoms with van der Waals surface area (Å²) in [5.74, 6) is 8.19. The molecule has 0 fully saturated rings. The number of ether oxygens (including phenoxy) is 4. The first kappa shape index (κ1) is 22.9. The molecule has 5 rings (SSSR count). The molecule has 2 aliphatic heterocycles. The lowest BCUT2D eigenvalue weighted by Gasteiger charge is -2.32. The number of rotatable bonds is 3. The summed E-state index contributed by atoms with van der Waals surface area (Å²) in [6.45, 7) is 0.882. The number of fused-ring (bicyclic) bond motifs is 3. The molecule has 0 saturated carbocycles. The molecule has 3 aromatic rings. The Balaban J connectivity index is 1.39. The van der Waals surface area contributed by atoms with Gasteiger partial charge in [0.25, 0.3) is 0 Å². The van der Waals surface area contributed by atoms with Crippen molar-refractivity contribution in [3.05, 3.63) is 57.4 Å². The van der Waals surface area contributed by atoms with Gasteiger partial charge in [0.15, 0.2) is 11.5 Å². The van der Waals surface area contributed by atoms with Crippen LogP contribution in [-0.4, -0.2) is 39.0 Å². The molecule has 10 heteroatoms. The van der Waals surface area contributed by atoms with E-state index in [9.17, 15) is 18.0 Å². The molecule has 0 bridgehead atoms. The number of nitrogens with zero attached hydrogens (tertiary/aromatic N) is 1. The van der Waals surface area contributed by atoms with E-state index in [1.54, 1.807) is 7.11 Å². The Kier molecular flexibility index (Phi) is 5.73. The third-order valence-electron chi connectivity index (χ3n) is 5.97. The van der Waals surface area contributed by atoms with Gasteiger partial charge in [-0.15, -0.1) is 0 Å². The third kappa shape index (κ3) is 4.23. The highest BCUT2D eigenvalue weighted by atomic mass is 19.4. The van der Waals surface area contributed by atoms with Crippen molar-refractivity contribution < 1.29 is 36.5 Å². The van der Waals surface area contributed by atoms with Gasteiger partial charge < -0.3 is 23.4 Å². The summed E-state index contributed by atoms with van der Waals surface area (Å²) in [5.41, 5.74) is -0.379. The molecule has 0 aliphatic carbocycles. The predicted molar refractivity (Wildman–Crippen MR) is 119 cm³/mol. The second kappa shape index (κ2) is 8.74. The Labute approximate surface area is 197 Å². The molecule has 1 atom stereocenters. The van der Waals surface area contributed by atoms with Crippen LogP contribution in [0.1, 0.15) is 22.7 Å². The molecule has 0 radical (unpaired) electrons. The van der Waals surface area contributed by atoms with E-state index in [2.05, 4.69) is 16.7 Å². The second-order valence-electron chi connectivity index (χ2n) is 8.09. The van der Waals surface area contributed by atoms with Gasteiger partial charge in [0, 0.05) is 29.6 Å². The number of methoxy groups -OCH3 is 1.